The minimum absolute atomic E-state index is 0.0858. The van der Waals surface area contributed by atoms with E-state index in [1.54, 1.807) is 25.1 Å². The molecule has 0 atom stereocenters. The van der Waals surface area contributed by atoms with E-state index in [1.165, 1.54) is 0 Å². The fraction of sp³-hybridized carbons (Fsp3) is 0.500. The number of nitrogens with one attached hydrogen (secondary N) is 1. The summed E-state index contributed by atoms with van der Waals surface area (Å²) in [5.74, 6) is 0.133. The number of benzene rings is 1. The molecule has 0 fully saturated rings. The molecule has 1 aromatic carbocycles. The van der Waals surface area contributed by atoms with Crippen LogP contribution in [0.5, 0.6) is 5.75 Å². The Morgan fingerprint density at radius 3 is 2.53 bits per heavy atom. The van der Waals surface area contributed by atoms with E-state index in [1.807, 2.05) is 0 Å². The van der Waals surface area contributed by atoms with Gasteiger partial charge >= 0.3 is 0 Å². The summed E-state index contributed by atoms with van der Waals surface area (Å²) in [5, 5.41) is 12.3. The van der Waals surface area contributed by atoms with Crippen LogP contribution in [0.2, 0.25) is 0 Å². The number of phenols is 1. The minimum Gasteiger partial charge on any atom is -0.508 e. The topological polar surface area (TPSA) is 49.3 Å². The second-order valence-corrected chi connectivity index (χ2v) is 5.57. The molecule has 1 rings (SSSR count). The molecule has 0 aliphatic carbocycles. The number of aryl methyl sites for hydroxylation is 1. The first kappa shape index (κ1) is 13.6. The molecule has 0 heterocycles. The van der Waals surface area contributed by atoms with Gasteiger partial charge in [-0.2, -0.15) is 0 Å². The molecule has 0 aliphatic heterocycles. The Bertz CT molecular complexity index is 405. The normalized spacial score (nSPS) is 11.3. The van der Waals surface area contributed by atoms with Crippen LogP contribution in [0.15, 0.2) is 18.2 Å². The Balaban J connectivity index is 2.56. The van der Waals surface area contributed by atoms with Gasteiger partial charge in [0.1, 0.15) is 5.75 Å². The van der Waals surface area contributed by atoms with Gasteiger partial charge in [0.25, 0.3) is 5.91 Å². The highest BCUT2D eigenvalue weighted by Gasteiger charge is 2.11. The smallest absolute Gasteiger partial charge is 0.251 e. The van der Waals surface area contributed by atoms with E-state index in [2.05, 4.69) is 26.1 Å². The van der Waals surface area contributed by atoms with Gasteiger partial charge in [-0.25, -0.2) is 0 Å². The predicted octanol–water partition coefficient (Wildman–Crippen LogP) is 2.87. The van der Waals surface area contributed by atoms with Crippen LogP contribution in [-0.4, -0.2) is 17.6 Å². The zero-order valence-corrected chi connectivity index (χ0v) is 11.0. The number of hydrogen-bond acceptors (Lipinski definition) is 2. The number of phenolic OH excluding ortho intramolecular Hbond substituents is 1. The Morgan fingerprint density at radius 1 is 1.35 bits per heavy atom. The van der Waals surface area contributed by atoms with Crippen LogP contribution < -0.4 is 5.32 Å². The van der Waals surface area contributed by atoms with Crippen molar-refractivity contribution in [2.45, 2.75) is 34.1 Å². The van der Waals surface area contributed by atoms with Crippen molar-refractivity contribution in [3.05, 3.63) is 29.3 Å². The van der Waals surface area contributed by atoms with Crippen LogP contribution in [0.3, 0.4) is 0 Å². The second-order valence-electron chi connectivity index (χ2n) is 5.57. The van der Waals surface area contributed by atoms with Gasteiger partial charge in [0.15, 0.2) is 0 Å². The molecule has 0 radical (unpaired) electrons. The molecular weight excluding hydrogens is 214 g/mol. The molecule has 0 saturated heterocycles. The zero-order valence-electron chi connectivity index (χ0n) is 11.0. The summed E-state index contributed by atoms with van der Waals surface area (Å²) in [6.45, 7) is 8.88. The summed E-state index contributed by atoms with van der Waals surface area (Å²) in [6.07, 6.45) is 0.940. The average Bonchev–Trinajstić information content (AvgIpc) is 2.20. The van der Waals surface area contributed by atoms with Gasteiger partial charge in [0, 0.05) is 12.1 Å². The van der Waals surface area contributed by atoms with E-state index >= 15 is 0 Å². The Hall–Kier alpha value is -1.51. The zero-order chi connectivity index (χ0) is 13.1. The van der Waals surface area contributed by atoms with Gasteiger partial charge < -0.3 is 10.4 Å². The molecule has 0 aliphatic rings. The Morgan fingerprint density at radius 2 is 2.00 bits per heavy atom. The molecular formula is C14H21NO2. The van der Waals surface area contributed by atoms with Crippen LogP contribution in [0.4, 0.5) is 0 Å². The molecule has 1 amide bonds. The van der Waals surface area contributed by atoms with Crippen LogP contribution in [0, 0.1) is 12.3 Å². The summed E-state index contributed by atoms with van der Waals surface area (Å²) in [6, 6.07) is 4.88. The molecule has 94 valence electrons. The fourth-order valence-corrected chi connectivity index (χ4v) is 1.45. The summed E-state index contributed by atoms with van der Waals surface area (Å²) >= 11 is 0. The molecule has 0 saturated carbocycles. The molecule has 17 heavy (non-hydrogen) atoms. The van der Waals surface area contributed by atoms with Crippen molar-refractivity contribution in [1.29, 1.82) is 0 Å². The van der Waals surface area contributed by atoms with E-state index in [0.29, 0.717) is 17.7 Å². The van der Waals surface area contributed by atoms with Crippen LogP contribution in [0.1, 0.15) is 43.1 Å². The lowest BCUT2D eigenvalue weighted by atomic mass is 9.92. The van der Waals surface area contributed by atoms with E-state index in [-0.39, 0.29) is 17.1 Å². The molecule has 0 bridgehead atoms. The minimum atomic E-state index is -0.0858. The highest BCUT2D eigenvalue weighted by molar-refractivity contribution is 5.94. The highest BCUT2D eigenvalue weighted by Crippen LogP contribution is 2.18. The number of carbonyl (C=O) groups excluding carboxylic acids is 1. The highest BCUT2D eigenvalue weighted by atomic mass is 16.3. The van der Waals surface area contributed by atoms with Gasteiger partial charge in [-0.05, 0) is 42.5 Å². The maximum Gasteiger partial charge on any atom is 0.251 e. The van der Waals surface area contributed by atoms with E-state index in [4.69, 9.17) is 0 Å². The van der Waals surface area contributed by atoms with Crippen molar-refractivity contribution in [2.75, 3.05) is 6.54 Å². The van der Waals surface area contributed by atoms with Crippen molar-refractivity contribution in [1.82, 2.24) is 5.32 Å². The van der Waals surface area contributed by atoms with E-state index in [0.717, 1.165) is 6.42 Å². The van der Waals surface area contributed by atoms with Gasteiger partial charge in [-0.1, -0.05) is 20.8 Å². The maximum atomic E-state index is 11.8. The lowest BCUT2D eigenvalue weighted by Crippen LogP contribution is -2.27. The summed E-state index contributed by atoms with van der Waals surface area (Å²) < 4.78 is 0. The van der Waals surface area contributed by atoms with Crippen molar-refractivity contribution in [2.24, 2.45) is 5.41 Å². The van der Waals surface area contributed by atoms with E-state index < -0.39 is 0 Å². The molecule has 0 spiro atoms. The number of hydrogen-bond donors (Lipinski definition) is 2. The predicted molar refractivity (Wildman–Crippen MR) is 69.2 cm³/mol. The van der Waals surface area contributed by atoms with Crippen LogP contribution in [-0.2, 0) is 0 Å². The fourth-order valence-electron chi connectivity index (χ4n) is 1.45. The molecule has 3 heteroatoms. The molecule has 0 aromatic heterocycles. The molecule has 1 aromatic rings. The van der Waals surface area contributed by atoms with Crippen LogP contribution in [0.25, 0.3) is 0 Å². The summed E-state index contributed by atoms with van der Waals surface area (Å²) in [5.41, 5.74) is 1.53. The molecule has 3 nitrogen and oxygen atoms in total. The number of carbonyl (C=O) groups is 1. The molecule has 0 unspecified atom stereocenters. The quantitative estimate of drug-likeness (QED) is 0.846. The van der Waals surface area contributed by atoms with Crippen LogP contribution >= 0.6 is 0 Å². The lowest BCUT2D eigenvalue weighted by molar-refractivity contribution is 0.0949. The Kier molecular flexibility index (Phi) is 4.16. The number of amides is 1. The van der Waals surface area contributed by atoms with Gasteiger partial charge in [0.05, 0.1) is 0 Å². The monoisotopic (exact) mass is 235 g/mol. The largest absolute Gasteiger partial charge is 0.508 e. The number of aromatic hydroxyl groups is 1. The maximum absolute atomic E-state index is 11.8. The van der Waals surface area contributed by atoms with Gasteiger partial charge in [-0.15, -0.1) is 0 Å². The third kappa shape index (κ3) is 4.47. The SMILES string of the molecule is Cc1cc(C(=O)NCCC(C)(C)C)ccc1O. The summed E-state index contributed by atoms with van der Waals surface area (Å²) in [7, 11) is 0. The van der Waals surface area contributed by atoms with Crippen molar-refractivity contribution in [3.63, 3.8) is 0 Å². The summed E-state index contributed by atoms with van der Waals surface area (Å²) in [4.78, 5) is 11.8. The average molecular weight is 235 g/mol. The first-order chi connectivity index (χ1) is 7.79. The lowest BCUT2D eigenvalue weighted by Gasteiger charge is -2.18. The Labute approximate surface area is 103 Å². The first-order valence-electron chi connectivity index (χ1n) is 5.87. The van der Waals surface area contributed by atoms with Gasteiger partial charge in [-0.3, -0.25) is 4.79 Å². The first-order valence-corrected chi connectivity index (χ1v) is 5.87. The van der Waals surface area contributed by atoms with Gasteiger partial charge in [0.2, 0.25) is 0 Å². The standard InChI is InChI=1S/C14H21NO2/c1-10-9-11(5-6-12(10)16)13(17)15-8-7-14(2,3)4/h5-6,9,16H,7-8H2,1-4H3,(H,15,17). The van der Waals surface area contributed by atoms with Crippen molar-refractivity contribution < 1.29 is 9.90 Å². The third-order valence-electron chi connectivity index (χ3n) is 2.62. The molecule has 2 N–H and O–H groups in total. The number of rotatable bonds is 3. The second kappa shape index (κ2) is 5.21. The van der Waals surface area contributed by atoms with Crippen molar-refractivity contribution in [3.8, 4) is 5.75 Å². The van der Waals surface area contributed by atoms with E-state index in [9.17, 15) is 9.90 Å². The third-order valence-corrected chi connectivity index (χ3v) is 2.62. The van der Waals surface area contributed by atoms with Crippen molar-refractivity contribution >= 4 is 5.91 Å².